The van der Waals surface area contributed by atoms with Crippen LogP contribution >= 0.6 is 0 Å². The van der Waals surface area contributed by atoms with Gasteiger partial charge in [0, 0.05) is 73.1 Å². The van der Waals surface area contributed by atoms with Crippen molar-refractivity contribution in [1.82, 2.24) is 19.8 Å². The number of pyridine rings is 1. The molecule has 1 fully saturated rings. The second-order valence-electron chi connectivity index (χ2n) is 9.06. The Balaban J connectivity index is 1.58. The third-order valence-corrected chi connectivity index (χ3v) is 6.96. The molecule has 2 N–H and O–H groups in total. The first-order valence-corrected chi connectivity index (χ1v) is 11.3. The van der Waals surface area contributed by atoms with Crippen molar-refractivity contribution in [2.24, 2.45) is 0 Å². The molecule has 7 heteroatoms. The van der Waals surface area contributed by atoms with E-state index in [1.165, 1.54) is 5.56 Å². The highest BCUT2D eigenvalue weighted by molar-refractivity contribution is 5.89. The van der Waals surface area contributed by atoms with Gasteiger partial charge in [0.25, 0.3) is 0 Å². The van der Waals surface area contributed by atoms with Gasteiger partial charge in [-0.25, -0.2) is 0 Å². The number of carbonyl (C=O) groups excluding carboxylic acids is 1. The third kappa shape index (κ3) is 3.36. The monoisotopic (exact) mass is 434 g/mol. The molecule has 2 aliphatic rings. The van der Waals surface area contributed by atoms with Gasteiger partial charge in [-0.3, -0.25) is 14.7 Å². The van der Waals surface area contributed by atoms with Gasteiger partial charge in [0.15, 0.2) is 0 Å². The quantitative estimate of drug-likeness (QED) is 0.623. The Morgan fingerprint density at radius 1 is 1.25 bits per heavy atom. The summed E-state index contributed by atoms with van der Waals surface area (Å²) in [6.45, 7) is 5.00. The highest BCUT2D eigenvalue weighted by atomic mass is 16.5. The summed E-state index contributed by atoms with van der Waals surface area (Å²) in [6, 6.07) is 10.0. The number of H-pyrrole nitrogens is 1. The summed E-state index contributed by atoms with van der Waals surface area (Å²) < 4.78 is 5.44. The number of aromatic nitrogens is 2. The number of nitrogens with one attached hydrogen (secondary N) is 1. The first-order valence-electron chi connectivity index (χ1n) is 11.3. The summed E-state index contributed by atoms with van der Waals surface area (Å²) >= 11 is 0. The molecule has 5 rings (SSSR count). The summed E-state index contributed by atoms with van der Waals surface area (Å²) in [5.74, 6) is 1.03. The van der Waals surface area contributed by atoms with Crippen LogP contribution in [0.5, 0.6) is 5.75 Å². The fourth-order valence-corrected chi connectivity index (χ4v) is 5.49. The zero-order valence-electron chi connectivity index (χ0n) is 18.7. The number of benzene rings is 1. The van der Waals surface area contributed by atoms with E-state index < -0.39 is 0 Å². The number of aliphatic hydroxyl groups is 1. The van der Waals surface area contributed by atoms with Gasteiger partial charge in [0.1, 0.15) is 5.75 Å². The van der Waals surface area contributed by atoms with Gasteiger partial charge >= 0.3 is 0 Å². The molecule has 32 heavy (non-hydrogen) atoms. The summed E-state index contributed by atoms with van der Waals surface area (Å²) in [4.78, 5) is 24.6. The van der Waals surface area contributed by atoms with Crippen molar-refractivity contribution in [2.45, 2.75) is 37.8 Å². The van der Waals surface area contributed by atoms with Gasteiger partial charge < -0.3 is 19.7 Å². The Morgan fingerprint density at radius 2 is 2.03 bits per heavy atom. The van der Waals surface area contributed by atoms with Crippen LogP contribution in [0.2, 0.25) is 0 Å². The predicted octanol–water partition coefficient (Wildman–Crippen LogP) is 3.00. The number of methoxy groups -OCH3 is 1. The molecule has 0 aliphatic carbocycles. The average molecular weight is 435 g/mol. The van der Waals surface area contributed by atoms with Gasteiger partial charge in [-0.1, -0.05) is 6.92 Å². The standard InChI is InChI=1S/C25H30N4O3/c1-3-4-22(31)29-15-25(16-29)14-28(12-17-7-9-26-10-8-17)21(13-30)24-23(25)19-6-5-18(32-2)11-20(19)27-24/h5-11,21,27,30H,3-4,12-16H2,1-2H3/t21-/m0/s1. The Kier molecular flexibility index (Phi) is 5.39. The van der Waals surface area contributed by atoms with E-state index in [0.717, 1.165) is 47.4 Å². The van der Waals surface area contributed by atoms with E-state index in [1.807, 2.05) is 36.1 Å². The fourth-order valence-electron chi connectivity index (χ4n) is 5.49. The molecule has 2 aliphatic heterocycles. The van der Waals surface area contributed by atoms with Crippen LogP contribution in [-0.2, 0) is 16.8 Å². The number of amides is 1. The lowest BCUT2D eigenvalue weighted by atomic mass is 9.68. The molecule has 4 heterocycles. The van der Waals surface area contributed by atoms with Crippen molar-refractivity contribution in [1.29, 1.82) is 0 Å². The number of fused-ring (bicyclic) bond motifs is 4. The first-order chi connectivity index (χ1) is 15.6. The smallest absolute Gasteiger partial charge is 0.222 e. The van der Waals surface area contributed by atoms with E-state index in [4.69, 9.17) is 4.74 Å². The van der Waals surface area contributed by atoms with Gasteiger partial charge in [-0.2, -0.15) is 0 Å². The van der Waals surface area contributed by atoms with Gasteiger partial charge in [-0.05, 0) is 41.8 Å². The van der Waals surface area contributed by atoms with E-state index in [2.05, 4.69) is 20.9 Å². The second kappa shape index (κ2) is 8.22. The zero-order chi connectivity index (χ0) is 22.3. The van der Waals surface area contributed by atoms with Crippen LogP contribution in [0.25, 0.3) is 10.9 Å². The number of rotatable bonds is 6. The molecule has 1 saturated heterocycles. The molecule has 2 aromatic heterocycles. The SMILES string of the molecule is CCCC(=O)N1CC2(C1)CN(Cc1ccncc1)[C@@H](CO)c1[nH]c3cc(OC)ccc3c12. The molecule has 1 atom stereocenters. The summed E-state index contributed by atoms with van der Waals surface area (Å²) in [7, 11) is 1.67. The molecule has 168 valence electrons. The number of ether oxygens (including phenoxy) is 1. The number of aliphatic hydroxyl groups excluding tert-OH is 1. The molecular weight excluding hydrogens is 404 g/mol. The Hall–Kier alpha value is -2.90. The zero-order valence-corrected chi connectivity index (χ0v) is 18.7. The lowest BCUT2D eigenvalue weighted by molar-refractivity contribution is -0.141. The average Bonchev–Trinajstić information content (AvgIpc) is 3.16. The van der Waals surface area contributed by atoms with Gasteiger partial charge in [0.2, 0.25) is 5.91 Å². The molecule has 7 nitrogen and oxygen atoms in total. The van der Waals surface area contributed by atoms with E-state index in [-0.39, 0.29) is 24.0 Å². The fraction of sp³-hybridized carbons (Fsp3) is 0.440. The van der Waals surface area contributed by atoms with Crippen LogP contribution in [-0.4, -0.2) is 64.1 Å². The number of likely N-dealkylation sites (tertiary alicyclic amines) is 1. The van der Waals surface area contributed by atoms with Crippen LogP contribution in [0.3, 0.4) is 0 Å². The van der Waals surface area contributed by atoms with Crippen LogP contribution < -0.4 is 4.74 Å². The van der Waals surface area contributed by atoms with E-state index in [1.54, 1.807) is 19.5 Å². The van der Waals surface area contributed by atoms with Crippen molar-refractivity contribution in [3.05, 3.63) is 59.5 Å². The highest BCUT2D eigenvalue weighted by Crippen LogP contribution is 2.49. The third-order valence-electron chi connectivity index (χ3n) is 6.96. The Labute approximate surface area is 188 Å². The van der Waals surface area contributed by atoms with Crippen LogP contribution in [0.1, 0.15) is 42.6 Å². The van der Waals surface area contributed by atoms with Crippen LogP contribution in [0.4, 0.5) is 0 Å². The molecule has 0 radical (unpaired) electrons. The normalized spacial score (nSPS) is 19.7. The van der Waals surface area contributed by atoms with Crippen molar-refractivity contribution in [3.63, 3.8) is 0 Å². The van der Waals surface area contributed by atoms with Crippen molar-refractivity contribution in [2.75, 3.05) is 33.4 Å². The minimum Gasteiger partial charge on any atom is -0.497 e. The summed E-state index contributed by atoms with van der Waals surface area (Å²) in [5.41, 5.74) is 4.33. The molecule has 0 saturated carbocycles. The number of aromatic amines is 1. The molecule has 3 aromatic rings. The van der Waals surface area contributed by atoms with Crippen molar-refractivity contribution < 1.29 is 14.6 Å². The molecule has 1 aromatic carbocycles. The number of carbonyl (C=O) groups is 1. The molecule has 0 unspecified atom stereocenters. The van der Waals surface area contributed by atoms with Gasteiger partial charge in [-0.15, -0.1) is 0 Å². The maximum absolute atomic E-state index is 12.6. The minimum absolute atomic E-state index is 0.0244. The van der Waals surface area contributed by atoms with Gasteiger partial charge in [0.05, 0.1) is 19.8 Å². The minimum atomic E-state index is -0.149. The summed E-state index contributed by atoms with van der Waals surface area (Å²) in [5, 5.41) is 11.6. The maximum atomic E-state index is 12.6. The second-order valence-corrected chi connectivity index (χ2v) is 9.06. The predicted molar refractivity (Wildman–Crippen MR) is 122 cm³/mol. The number of hydrogen-bond donors (Lipinski definition) is 2. The molecule has 1 spiro atoms. The highest BCUT2D eigenvalue weighted by Gasteiger charge is 2.53. The van der Waals surface area contributed by atoms with Crippen LogP contribution in [0, 0.1) is 0 Å². The van der Waals surface area contributed by atoms with Crippen molar-refractivity contribution in [3.8, 4) is 5.75 Å². The Morgan fingerprint density at radius 3 is 2.72 bits per heavy atom. The van der Waals surface area contributed by atoms with E-state index in [0.29, 0.717) is 19.5 Å². The number of nitrogens with zero attached hydrogens (tertiary/aromatic N) is 3. The largest absolute Gasteiger partial charge is 0.497 e. The number of hydrogen-bond acceptors (Lipinski definition) is 5. The first kappa shape index (κ1) is 21.0. The maximum Gasteiger partial charge on any atom is 0.222 e. The van der Waals surface area contributed by atoms with E-state index >= 15 is 0 Å². The summed E-state index contributed by atoms with van der Waals surface area (Å²) in [6.07, 6.45) is 5.06. The molecule has 1 amide bonds. The van der Waals surface area contributed by atoms with Crippen molar-refractivity contribution >= 4 is 16.8 Å². The van der Waals surface area contributed by atoms with Crippen LogP contribution in [0.15, 0.2) is 42.7 Å². The van der Waals surface area contributed by atoms with E-state index in [9.17, 15) is 9.90 Å². The topological polar surface area (TPSA) is 81.7 Å². The molecular formula is C25H30N4O3. The molecule has 0 bridgehead atoms. The lowest BCUT2D eigenvalue weighted by Crippen LogP contribution is -2.67. The lowest BCUT2D eigenvalue weighted by Gasteiger charge is -2.56. The Bertz CT molecular complexity index is 1120.